The lowest BCUT2D eigenvalue weighted by molar-refractivity contribution is -0.128. The minimum absolute atomic E-state index is 0.0611. The van der Waals surface area contributed by atoms with Crippen molar-refractivity contribution in [2.24, 2.45) is 5.41 Å². The summed E-state index contributed by atoms with van der Waals surface area (Å²) in [5.74, 6) is 0.349. The monoisotopic (exact) mass is 326 g/mol. The molecule has 0 spiro atoms. The normalized spacial score (nSPS) is 11.0. The fourth-order valence-electron chi connectivity index (χ4n) is 1.87. The maximum atomic E-state index is 11.9. The van der Waals surface area contributed by atoms with E-state index in [2.05, 4.69) is 5.32 Å². The van der Waals surface area contributed by atoms with Gasteiger partial charge < -0.3 is 15.0 Å². The maximum absolute atomic E-state index is 11.9. The molecule has 0 saturated heterocycles. The summed E-state index contributed by atoms with van der Waals surface area (Å²) in [5.41, 5.74) is 0.127. The van der Waals surface area contributed by atoms with Gasteiger partial charge in [0.15, 0.2) is 0 Å². The second kappa shape index (κ2) is 7.49. The van der Waals surface area contributed by atoms with Gasteiger partial charge in [0.05, 0.1) is 12.8 Å². The Balaban J connectivity index is 2.86. The molecular formula is C16H23ClN2O3. The van der Waals surface area contributed by atoms with Crippen molar-refractivity contribution in [1.82, 2.24) is 5.32 Å². The van der Waals surface area contributed by atoms with Crippen molar-refractivity contribution in [1.29, 1.82) is 0 Å². The van der Waals surface area contributed by atoms with E-state index in [1.165, 1.54) is 18.9 Å². The van der Waals surface area contributed by atoms with Gasteiger partial charge in [0, 0.05) is 30.5 Å². The molecule has 5 nitrogen and oxygen atoms in total. The van der Waals surface area contributed by atoms with Crippen LogP contribution in [0, 0.1) is 5.41 Å². The van der Waals surface area contributed by atoms with Crippen LogP contribution in [0.25, 0.3) is 0 Å². The van der Waals surface area contributed by atoms with E-state index < -0.39 is 5.41 Å². The number of anilines is 1. The van der Waals surface area contributed by atoms with E-state index in [0.29, 0.717) is 29.5 Å². The topological polar surface area (TPSA) is 58.6 Å². The Morgan fingerprint density at radius 3 is 2.45 bits per heavy atom. The first kappa shape index (κ1) is 18.3. The number of hydrogen-bond donors (Lipinski definition) is 1. The molecule has 22 heavy (non-hydrogen) atoms. The number of methoxy groups -OCH3 is 1. The van der Waals surface area contributed by atoms with Crippen LogP contribution in [0.15, 0.2) is 18.2 Å². The van der Waals surface area contributed by atoms with Gasteiger partial charge in [0.2, 0.25) is 11.8 Å². The molecule has 0 aliphatic rings. The first-order valence-electron chi connectivity index (χ1n) is 7.06. The largest absolute Gasteiger partial charge is 0.495 e. The second-order valence-electron chi connectivity index (χ2n) is 5.99. The smallest absolute Gasteiger partial charge is 0.225 e. The van der Waals surface area contributed by atoms with E-state index in [-0.39, 0.29) is 11.8 Å². The van der Waals surface area contributed by atoms with Crippen molar-refractivity contribution in [2.75, 3.05) is 25.1 Å². The number of benzene rings is 1. The minimum atomic E-state index is -0.463. The molecular weight excluding hydrogens is 304 g/mol. The molecule has 0 bridgehead atoms. The first-order valence-corrected chi connectivity index (χ1v) is 7.44. The van der Waals surface area contributed by atoms with Gasteiger partial charge in [-0.1, -0.05) is 32.4 Å². The van der Waals surface area contributed by atoms with Gasteiger partial charge in [-0.25, -0.2) is 0 Å². The molecule has 0 heterocycles. The van der Waals surface area contributed by atoms with Crippen LogP contribution in [0.4, 0.5) is 5.69 Å². The average molecular weight is 327 g/mol. The number of halogens is 1. The van der Waals surface area contributed by atoms with Gasteiger partial charge in [-0.3, -0.25) is 9.59 Å². The number of ether oxygens (including phenoxy) is 1. The summed E-state index contributed by atoms with van der Waals surface area (Å²) >= 11 is 6.00. The molecule has 1 N–H and O–H groups in total. The molecule has 0 aliphatic carbocycles. The van der Waals surface area contributed by atoms with Crippen molar-refractivity contribution in [3.63, 3.8) is 0 Å². The van der Waals surface area contributed by atoms with E-state index in [1.807, 2.05) is 20.8 Å². The Morgan fingerprint density at radius 1 is 1.32 bits per heavy atom. The standard InChI is InChI=1S/C16H23ClN2O3/c1-11(20)19(9-8-18-15(21)16(2,3)4)13-10-12(17)6-7-14(13)22-5/h6-7,10H,8-9H2,1-5H3,(H,18,21). The van der Waals surface area contributed by atoms with E-state index in [0.717, 1.165) is 0 Å². The zero-order chi connectivity index (χ0) is 16.9. The highest BCUT2D eigenvalue weighted by Crippen LogP contribution is 2.31. The number of rotatable bonds is 5. The van der Waals surface area contributed by atoms with Gasteiger partial charge in [-0.05, 0) is 18.2 Å². The van der Waals surface area contributed by atoms with Gasteiger partial charge >= 0.3 is 0 Å². The summed E-state index contributed by atoms with van der Waals surface area (Å²) in [6, 6.07) is 5.08. The predicted molar refractivity (Wildman–Crippen MR) is 88.5 cm³/mol. The molecule has 0 aliphatic heterocycles. The molecule has 0 aromatic heterocycles. The Bertz CT molecular complexity index is 553. The molecule has 122 valence electrons. The maximum Gasteiger partial charge on any atom is 0.225 e. The van der Waals surface area contributed by atoms with Crippen LogP contribution in [0.2, 0.25) is 5.02 Å². The van der Waals surface area contributed by atoms with Crippen molar-refractivity contribution < 1.29 is 14.3 Å². The Morgan fingerprint density at radius 2 is 1.95 bits per heavy atom. The highest BCUT2D eigenvalue weighted by atomic mass is 35.5. The third-order valence-electron chi connectivity index (χ3n) is 3.11. The van der Waals surface area contributed by atoms with Crippen LogP contribution < -0.4 is 15.0 Å². The third kappa shape index (κ3) is 4.91. The number of carbonyl (C=O) groups excluding carboxylic acids is 2. The van der Waals surface area contributed by atoms with Crippen molar-refractivity contribution in [3.8, 4) is 5.75 Å². The van der Waals surface area contributed by atoms with Gasteiger partial charge in [-0.15, -0.1) is 0 Å². The van der Waals surface area contributed by atoms with E-state index in [1.54, 1.807) is 18.2 Å². The Kier molecular flexibility index (Phi) is 6.23. The lowest BCUT2D eigenvalue weighted by atomic mass is 9.96. The molecule has 0 radical (unpaired) electrons. The van der Waals surface area contributed by atoms with Gasteiger partial charge in [-0.2, -0.15) is 0 Å². The molecule has 1 aromatic rings. The molecule has 0 fully saturated rings. The number of amides is 2. The molecule has 1 aromatic carbocycles. The predicted octanol–water partition coefficient (Wildman–Crippen LogP) is 2.86. The van der Waals surface area contributed by atoms with E-state index in [4.69, 9.17) is 16.3 Å². The van der Waals surface area contributed by atoms with Crippen LogP contribution in [0.1, 0.15) is 27.7 Å². The van der Waals surface area contributed by atoms with Gasteiger partial charge in [0.1, 0.15) is 5.75 Å². The quantitative estimate of drug-likeness (QED) is 0.905. The molecule has 6 heteroatoms. The summed E-state index contributed by atoms with van der Waals surface area (Å²) < 4.78 is 5.27. The summed E-state index contributed by atoms with van der Waals surface area (Å²) in [6.07, 6.45) is 0. The zero-order valence-corrected chi connectivity index (χ0v) is 14.5. The molecule has 0 unspecified atom stereocenters. The summed E-state index contributed by atoms with van der Waals surface area (Å²) in [7, 11) is 1.53. The summed E-state index contributed by atoms with van der Waals surface area (Å²) in [6.45, 7) is 7.67. The van der Waals surface area contributed by atoms with Crippen LogP contribution in [0.3, 0.4) is 0 Å². The number of carbonyl (C=O) groups is 2. The van der Waals surface area contributed by atoms with Crippen molar-refractivity contribution in [2.45, 2.75) is 27.7 Å². The lowest BCUT2D eigenvalue weighted by Gasteiger charge is -2.25. The molecule has 1 rings (SSSR count). The van der Waals surface area contributed by atoms with Crippen molar-refractivity contribution >= 4 is 29.1 Å². The molecule has 0 saturated carbocycles. The second-order valence-corrected chi connectivity index (χ2v) is 6.43. The zero-order valence-electron chi connectivity index (χ0n) is 13.7. The molecule has 0 atom stereocenters. The van der Waals surface area contributed by atoms with Crippen LogP contribution in [-0.2, 0) is 9.59 Å². The number of nitrogens with zero attached hydrogens (tertiary/aromatic N) is 1. The van der Waals surface area contributed by atoms with Crippen LogP contribution in [0.5, 0.6) is 5.75 Å². The molecule has 2 amide bonds. The van der Waals surface area contributed by atoms with Crippen LogP contribution in [-0.4, -0.2) is 32.0 Å². The van der Waals surface area contributed by atoms with Gasteiger partial charge in [0.25, 0.3) is 0 Å². The third-order valence-corrected chi connectivity index (χ3v) is 3.35. The Labute approximate surface area is 136 Å². The fraction of sp³-hybridized carbons (Fsp3) is 0.500. The van der Waals surface area contributed by atoms with Crippen LogP contribution >= 0.6 is 11.6 Å². The highest BCUT2D eigenvalue weighted by molar-refractivity contribution is 6.31. The average Bonchev–Trinajstić information content (AvgIpc) is 2.41. The minimum Gasteiger partial charge on any atom is -0.495 e. The number of hydrogen-bond acceptors (Lipinski definition) is 3. The number of nitrogens with one attached hydrogen (secondary N) is 1. The lowest BCUT2D eigenvalue weighted by Crippen LogP contribution is -2.41. The summed E-state index contributed by atoms with van der Waals surface area (Å²) in [5, 5.41) is 3.34. The highest BCUT2D eigenvalue weighted by Gasteiger charge is 2.22. The Hall–Kier alpha value is -1.75. The fourth-order valence-corrected chi connectivity index (χ4v) is 2.03. The first-order chi connectivity index (χ1) is 10.2. The van der Waals surface area contributed by atoms with E-state index in [9.17, 15) is 9.59 Å². The van der Waals surface area contributed by atoms with E-state index >= 15 is 0 Å². The SMILES string of the molecule is COc1ccc(Cl)cc1N(CCNC(=O)C(C)(C)C)C(C)=O. The van der Waals surface area contributed by atoms with Crippen molar-refractivity contribution in [3.05, 3.63) is 23.2 Å². The summed E-state index contributed by atoms with van der Waals surface area (Å²) in [4.78, 5) is 25.3.